The molecule has 0 aliphatic heterocycles. The number of nitriles is 1. The van der Waals surface area contributed by atoms with Crippen molar-refractivity contribution in [2.24, 2.45) is 0 Å². The number of halogens is 1. The summed E-state index contributed by atoms with van der Waals surface area (Å²) in [6, 6.07) is 9.32. The molecule has 0 N–H and O–H groups in total. The van der Waals surface area contributed by atoms with E-state index in [-0.39, 0.29) is 5.88 Å². The van der Waals surface area contributed by atoms with Gasteiger partial charge in [-0.1, -0.05) is 17.7 Å². The molecule has 1 aromatic heterocycles. The summed E-state index contributed by atoms with van der Waals surface area (Å²) in [4.78, 5) is 4.07. The molecule has 0 aliphatic carbocycles. The largest absolute Gasteiger partial charge is 0.436 e. The number of pyridine rings is 1. The Labute approximate surface area is 111 Å². The lowest BCUT2D eigenvalue weighted by molar-refractivity contribution is 0.460. The molecule has 90 valence electrons. The SMILES string of the molecule is Cc1ccc(Cl)c(Oc2nccc(C)c2C#N)c1. The van der Waals surface area contributed by atoms with Gasteiger partial charge in [-0.05, 0) is 43.2 Å². The van der Waals surface area contributed by atoms with Gasteiger partial charge in [0.15, 0.2) is 0 Å². The Balaban J connectivity index is 2.44. The maximum absolute atomic E-state index is 9.10. The lowest BCUT2D eigenvalue weighted by Gasteiger charge is -2.09. The molecule has 0 fully saturated rings. The van der Waals surface area contributed by atoms with E-state index in [0.29, 0.717) is 16.3 Å². The number of ether oxygens (including phenoxy) is 1. The first-order chi connectivity index (χ1) is 8.61. The van der Waals surface area contributed by atoms with Crippen LogP contribution in [0.1, 0.15) is 16.7 Å². The van der Waals surface area contributed by atoms with Gasteiger partial charge < -0.3 is 4.74 Å². The van der Waals surface area contributed by atoms with Crippen LogP contribution >= 0.6 is 11.6 Å². The van der Waals surface area contributed by atoms with Crippen molar-refractivity contribution >= 4 is 11.6 Å². The minimum absolute atomic E-state index is 0.282. The van der Waals surface area contributed by atoms with Crippen molar-refractivity contribution in [2.75, 3.05) is 0 Å². The Morgan fingerprint density at radius 1 is 1.28 bits per heavy atom. The van der Waals surface area contributed by atoms with Gasteiger partial charge in [0, 0.05) is 6.20 Å². The number of aryl methyl sites for hydroxylation is 2. The van der Waals surface area contributed by atoms with Crippen molar-refractivity contribution < 1.29 is 4.74 Å². The zero-order valence-corrected chi connectivity index (χ0v) is 10.8. The Morgan fingerprint density at radius 2 is 2.06 bits per heavy atom. The van der Waals surface area contributed by atoms with Crippen LogP contribution in [0.5, 0.6) is 11.6 Å². The second-order valence-electron chi connectivity index (χ2n) is 3.96. The smallest absolute Gasteiger partial charge is 0.237 e. The molecule has 0 aliphatic rings. The Morgan fingerprint density at radius 3 is 2.78 bits per heavy atom. The molecule has 2 rings (SSSR count). The van der Waals surface area contributed by atoms with Crippen molar-refractivity contribution in [1.29, 1.82) is 5.26 Å². The molecule has 18 heavy (non-hydrogen) atoms. The fourth-order valence-corrected chi connectivity index (χ4v) is 1.70. The van der Waals surface area contributed by atoms with Crippen LogP contribution in [0.3, 0.4) is 0 Å². The topological polar surface area (TPSA) is 45.9 Å². The van der Waals surface area contributed by atoms with E-state index in [2.05, 4.69) is 11.1 Å². The first-order valence-corrected chi connectivity index (χ1v) is 5.79. The van der Waals surface area contributed by atoms with Gasteiger partial charge >= 0.3 is 0 Å². The molecule has 0 spiro atoms. The molecule has 0 bridgehead atoms. The van der Waals surface area contributed by atoms with E-state index < -0.39 is 0 Å². The van der Waals surface area contributed by atoms with Crippen LogP contribution in [-0.4, -0.2) is 4.98 Å². The minimum Gasteiger partial charge on any atom is -0.436 e. The third-order valence-corrected chi connectivity index (χ3v) is 2.84. The number of hydrogen-bond donors (Lipinski definition) is 0. The van der Waals surface area contributed by atoms with Gasteiger partial charge in [0.05, 0.1) is 5.02 Å². The number of nitrogens with zero attached hydrogens (tertiary/aromatic N) is 2. The van der Waals surface area contributed by atoms with E-state index in [1.165, 1.54) is 0 Å². The van der Waals surface area contributed by atoms with Crippen molar-refractivity contribution in [3.8, 4) is 17.7 Å². The van der Waals surface area contributed by atoms with E-state index in [0.717, 1.165) is 11.1 Å². The van der Waals surface area contributed by atoms with Gasteiger partial charge in [-0.2, -0.15) is 5.26 Å². The first-order valence-electron chi connectivity index (χ1n) is 5.41. The molecule has 0 atom stereocenters. The Hall–Kier alpha value is -2.05. The van der Waals surface area contributed by atoms with Crippen LogP contribution in [0, 0.1) is 25.2 Å². The third-order valence-electron chi connectivity index (χ3n) is 2.53. The summed E-state index contributed by atoms with van der Waals surface area (Å²) in [7, 11) is 0. The second kappa shape index (κ2) is 5.07. The molecule has 4 heteroatoms. The maximum Gasteiger partial charge on any atom is 0.237 e. The maximum atomic E-state index is 9.10. The van der Waals surface area contributed by atoms with E-state index in [4.69, 9.17) is 21.6 Å². The molecule has 0 saturated heterocycles. The molecule has 0 saturated carbocycles. The van der Waals surface area contributed by atoms with Gasteiger partial charge in [0.25, 0.3) is 0 Å². The molecule has 0 radical (unpaired) electrons. The highest BCUT2D eigenvalue weighted by molar-refractivity contribution is 6.32. The van der Waals surface area contributed by atoms with Crippen LogP contribution < -0.4 is 4.74 Å². The normalized spacial score (nSPS) is 9.89. The summed E-state index contributed by atoms with van der Waals surface area (Å²) in [6.07, 6.45) is 1.61. The average molecular weight is 259 g/mol. The summed E-state index contributed by atoms with van der Waals surface area (Å²) in [5, 5.41) is 9.59. The summed E-state index contributed by atoms with van der Waals surface area (Å²) < 4.78 is 5.63. The predicted octanol–water partition coefficient (Wildman–Crippen LogP) is 4.02. The number of aromatic nitrogens is 1. The van der Waals surface area contributed by atoms with Gasteiger partial charge in [-0.3, -0.25) is 0 Å². The monoisotopic (exact) mass is 258 g/mol. The predicted molar refractivity (Wildman–Crippen MR) is 70.0 cm³/mol. The van der Waals surface area contributed by atoms with Crippen molar-refractivity contribution in [1.82, 2.24) is 4.98 Å². The third kappa shape index (κ3) is 2.44. The highest BCUT2D eigenvalue weighted by Gasteiger charge is 2.11. The quantitative estimate of drug-likeness (QED) is 0.817. The summed E-state index contributed by atoms with van der Waals surface area (Å²) in [5.41, 5.74) is 2.28. The molecule has 1 aromatic carbocycles. The van der Waals surface area contributed by atoms with Crippen LogP contribution in [0.15, 0.2) is 30.5 Å². The highest BCUT2D eigenvalue weighted by atomic mass is 35.5. The van der Waals surface area contributed by atoms with Crippen LogP contribution in [-0.2, 0) is 0 Å². The number of hydrogen-bond acceptors (Lipinski definition) is 3. The zero-order valence-electron chi connectivity index (χ0n) is 10.1. The molecule has 0 unspecified atom stereocenters. The summed E-state index contributed by atoms with van der Waals surface area (Å²) >= 11 is 6.05. The van der Waals surface area contributed by atoms with Crippen molar-refractivity contribution in [2.45, 2.75) is 13.8 Å². The molecule has 2 aromatic rings. The summed E-state index contributed by atoms with van der Waals surface area (Å²) in [5.74, 6) is 0.788. The van der Waals surface area contributed by atoms with Crippen LogP contribution in [0.2, 0.25) is 5.02 Å². The van der Waals surface area contributed by atoms with E-state index in [1.54, 1.807) is 18.3 Å². The van der Waals surface area contributed by atoms with Gasteiger partial charge in [0.1, 0.15) is 17.4 Å². The zero-order chi connectivity index (χ0) is 13.1. The van der Waals surface area contributed by atoms with Crippen LogP contribution in [0.25, 0.3) is 0 Å². The molecule has 1 heterocycles. The average Bonchev–Trinajstić information content (AvgIpc) is 2.34. The van der Waals surface area contributed by atoms with Gasteiger partial charge in [-0.25, -0.2) is 4.98 Å². The molecular weight excluding hydrogens is 248 g/mol. The van der Waals surface area contributed by atoms with E-state index in [9.17, 15) is 0 Å². The van der Waals surface area contributed by atoms with Gasteiger partial charge in [-0.15, -0.1) is 0 Å². The second-order valence-corrected chi connectivity index (χ2v) is 4.36. The fourth-order valence-electron chi connectivity index (χ4n) is 1.54. The fraction of sp³-hybridized carbons (Fsp3) is 0.143. The van der Waals surface area contributed by atoms with Gasteiger partial charge in [0.2, 0.25) is 5.88 Å². The molecule has 0 amide bonds. The Kier molecular flexibility index (Phi) is 3.50. The van der Waals surface area contributed by atoms with E-state index >= 15 is 0 Å². The number of benzene rings is 1. The minimum atomic E-state index is 0.282. The van der Waals surface area contributed by atoms with Crippen molar-refractivity contribution in [3.63, 3.8) is 0 Å². The first kappa shape index (κ1) is 12.4. The van der Waals surface area contributed by atoms with Crippen LogP contribution in [0.4, 0.5) is 0 Å². The van der Waals surface area contributed by atoms with E-state index in [1.807, 2.05) is 26.0 Å². The standard InChI is InChI=1S/C14H11ClN2O/c1-9-3-4-12(15)13(7-9)18-14-11(8-16)10(2)5-6-17-14/h3-7H,1-2H3. The molecular formula is C14H11ClN2O. The number of rotatable bonds is 2. The lowest BCUT2D eigenvalue weighted by atomic mass is 10.2. The molecule has 3 nitrogen and oxygen atoms in total. The summed E-state index contributed by atoms with van der Waals surface area (Å²) in [6.45, 7) is 3.78. The van der Waals surface area contributed by atoms with Crippen molar-refractivity contribution in [3.05, 3.63) is 52.2 Å². The lowest BCUT2D eigenvalue weighted by Crippen LogP contribution is -1.94. The Bertz CT molecular complexity index is 632. The highest BCUT2D eigenvalue weighted by Crippen LogP contribution is 2.31.